The van der Waals surface area contributed by atoms with Gasteiger partial charge in [-0.3, -0.25) is 15.5 Å². The Balaban J connectivity index is 2.12. The number of nitrogens with zero attached hydrogens (tertiary/aromatic N) is 2. The van der Waals surface area contributed by atoms with Gasteiger partial charge in [0.15, 0.2) is 0 Å². The summed E-state index contributed by atoms with van der Waals surface area (Å²) in [5, 5.41) is 15.2. The van der Waals surface area contributed by atoms with Gasteiger partial charge in [-0.05, 0) is 42.8 Å². The molecule has 2 aromatic carbocycles. The Morgan fingerprint density at radius 3 is 2.59 bits per heavy atom. The van der Waals surface area contributed by atoms with Crippen molar-refractivity contribution < 1.29 is 4.92 Å². The number of non-ortho nitro benzene ring substituents is 1. The molecular weight excluding hydrogens is 346 g/mol. The Bertz CT molecular complexity index is 811. The number of nitrogens with one attached hydrogen (secondary N) is 1. The van der Waals surface area contributed by atoms with E-state index in [4.69, 9.17) is 0 Å². The van der Waals surface area contributed by atoms with Crippen molar-refractivity contribution in [3.05, 3.63) is 79.4 Å². The number of halogens is 1. The first-order chi connectivity index (χ1) is 10.5. The molecule has 6 heteroatoms. The van der Waals surface area contributed by atoms with Crippen LogP contribution in [0.1, 0.15) is 23.6 Å². The molecule has 0 unspecified atom stereocenters. The van der Waals surface area contributed by atoms with Crippen molar-refractivity contribution >= 4 is 33.4 Å². The second kappa shape index (κ2) is 5.73. The minimum Gasteiger partial charge on any atom is -0.282 e. The first-order valence-corrected chi connectivity index (χ1v) is 7.40. The van der Waals surface area contributed by atoms with Crippen molar-refractivity contribution in [1.29, 1.82) is 0 Å². The molecule has 5 nitrogen and oxygen atoms in total. The van der Waals surface area contributed by atoms with Crippen LogP contribution in [-0.2, 0) is 0 Å². The van der Waals surface area contributed by atoms with Crippen molar-refractivity contribution in [2.45, 2.75) is 6.92 Å². The highest BCUT2D eigenvalue weighted by molar-refractivity contribution is 9.10. The molecule has 0 atom stereocenters. The second-order valence-electron chi connectivity index (χ2n) is 4.94. The fraction of sp³-hybridized carbons (Fsp3) is 0.0625. The van der Waals surface area contributed by atoms with Gasteiger partial charge in [-0.15, -0.1) is 0 Å². The molecule has 0 radical (unpaired) electrons. The van der Waals surface area contributed by atoms with E-state index >= 15 is 0 Å². The SMILES string of the molecule is CC1=Cc2ccc(Br)cc2C(c2ccc([N+](=O)[O-])cc2)=NN1. The molecule has 1 aliphatic heterocycles. The van der Waals surface area contributed by atoms with Crippen LogP contribution < -0.4 is 5.43 Å². The van der Waals surface area contributed by atoms with E-state index in [0.717, 1.165) is 32.6 Å². The number of hydrogen-bond donors (Lipinski definition) is 1. The molecule has 0 saturated carbocycles. The molecule has 1 aliphatic rings. The van der Waals surface area contributed by atoms with E-state index in [9.17, 15) is 10.1 Å². The number of rotatable bonds is 2. The molecule has 0 spiro atoms. The van der Waals surface area contributed by atoms with Gasteiger partial charge < -0.3 is 0 Å². The zero-order chi connectivity index (χ0) is 15.7. The summed E-state index contributed by atoms with van der Waals surface area (Å²) in [5.74, 6) is 0. The van der Waals surface area contributed by atoms with Gasteiger partial charge in [0.1, 0.15) is 0 Å². The predicted molar refractivity (Wildman–Crippen MR) is 89.7 cm³/mol. The van der Waals surface area contributed by atoms with Gasteiger partial charge in [0, 0.05) is 33.4 Å². The van der Waals surface area contributed by atoms with Crippen molar-refractivity contribution in [3.8, 4) is 0 Å². The summed E-state index contributed by atoms with van der Waals surface area (Å²) < 4.78 is 0.953. The third kappa shape index (κ3) is 2.78. The topological polar surface area (TPSA) is 67.5 Å². The van der Waals surface area contributed by atoms with Crippen molar-refractivity contribution in [3.63, 3.8) is 0 Å². The van der Waals surface area contributed by atoms with Crippen LogP contribution >= 0.6 is 15.9 Å². The standard InChI is InChI=1S/C16H12BrN3O2/c1-10-8-12-2-5-13(17)9-15(12)16(19-18-10)11-3-6-14(7-4-11)20(21)22/h2-9,18H,1H3. The number of nitro benzene ring substituents is 1. The fourth-order valence-electron chi connectivity index (χ4n) is 2.29. The summed E-state index contributed by atoms with van der Waals surface area (Å²) >= 11 is 3.48. The Kier molecular flexibility index (Phi) is 3.77. The monoisotopic (exact) mass is 357 g/mol. The van der Waals surface area contributed by atoms with Crippen LogP contribution in [0.2, 0.25) is 0 Å². The lowest BCUT2D eigenvalue weighted by Gasteiger charge is -2.09. The third-order valence-electron chi connectivity index (χ3n) is 3.34. The van der Waals surface area contributed by atoms with Crippen LogP contribution in [0.15, 0.2) is 57.7 Å². The maximum atomic E-state index is 10.8. The maximum Gasteiger partial charge on any atom is 0.269 e. The first kappa shape index (κ1) is 14.5. The summed E-state index contributed by atoms with van der Waals surface area (Å²) in [7, 11) is 0. The van der Waals surface area contributed by atoms with Gasteiger partial charge >= 0.3 is 0 Å². The molecule has 1 N–H and O–H groups in total. The van der Waals surface area contributed by atoms with E-state index in [1.54, 1.807) is 12.1 Å². The van der Waals surface area contributed by atoms with Crippen LogP contribution in [0.5, 0.6) is 0 Å². The molecule has 0 fully saturated rings. The number of hydrogen-bond acceptors (Lipinski definition) is 4. The molecule has 0 aliphatic carbocycles. The highest BCUT2D eigenvalue weighted by Crippen LogP contribution is 2.25. The number of allylic oxidation sites excluding steroid dienone is 1. The molecule has 0 bridgehead atoms. The van der Waals surface area contributed by atoms with E-state index in [1.807, 2.05) is 31.2 Å². The largest absolute Gasteiger partial charge is 0.282 e. The molecule has 1 heterocycles. The van der Waals surface area contributed by atoms with Crippen molar-refractivity contribution in [1.82, 2.24) is 5.43 Å². The number of hydrazone groups is 1. The number of benzene rings is 2. The zero-order valence-corrected chi connectivity index (χ0v) is 13.3. The molecule has 0 aromatic heterocycles. The maximum absolute atomic E-state index is 10.8. The molecule has 2 aromatic rings. The van der Waals surface area contributed by atoms with Gasteiger partial charge in [0.25, 0.3) is 5.69 Å². The fourth-order valence-corrected chi connectivity index (χ4v) is 2.65. The molecule has 22 heavy (non-hydrogen) atoms. The van der Waals surface area contributed by atoms with E-state index in [0.29, 0.717) is 0 Å². The summed E-state index contributed by atoms with van der Waals surface area (Å²) in [6, 6.07) is 12.4. The van der Waals surface area contributed by atoms with Crippen molar-refractivity contribution in [2.75, 3.05) is 0 Å². The van der Waals surface area contributed by atoms with E-state index in [2.05, 4.69) is 26.5 Å². The van der Waals surface area contributed by atoms with Crippen LogP contribution in [0.25, 0.3) is 6.08 Å². The summed E-state index contributed by atoms with van der Waals surface area (Å²) in [6.45, 7) is 1.94. The van der Waals surface area contributed by atoms with Gasteiger partial charge in [0.05, 0.1) is 10.6 Å². The predicted octanol–water partition coefficient (Wildman–Crippen LogP) is 4.07. The smallest absolute Gasteiger partial charge is 0.269 e. The Morgan fingerprint density at radius 2 is 1.91 bits per heavy atom. The summed E-state index contributed by atoms with van der Waals surface area (Å²) in [4.78, 5) is 10.4. The Hall–Kier alpha value is -2.47. The average molecular weight is 358 g/mol. The first-order valence-electron chi connectivity index (χ1n) is 6.61. The zero-order valence-electron chi connectivity index (χ0n) is 11.7. The quantitative estimate of drug-likeness (QED) is 0.650. The normalized spacial score (nSPS) is 13.4. The minimum absolute atomic E-state index is 0.0645. The highest BCUT2D eigenvalue weighted by atomic mass is 79.9. The average Bonchev–Trinajstić information content (AvgIpc) is 2.66. The Labute approximate surface area is 135 Å². The Morgan fingerprint density at radius 1 is 1.18 bits per heavy atom. The van der Waals surface area contributed by atoms with Crippen LogP contribution in [0.4, 0.5) is 5.69 Å². The highest BCUT2D eigenvalue weighted by Gasteiger charge is 2.16. The lowest BCUT2D eigenvalue weighted by Crippen LogP contribution is -2.09. The molecule has 0 saturated heterocycles. The lowest BCUT2D eigenvalue weighted by atomic mass is 9.97. The van der Waals surface area contributed by atoms with E-state index in [1.165, 1.54) is 12.1 Å². The van der Waals surface area contributed by atoms with Crippen LogP contribution in [0.3, 0.4) is 0 Å². The summed E-state index contributed by atoms with van der Waals surface area (Å²) in [5.41, 5.74) is 7.57. The van der Waals surface area contributed by atoms with Gasteiger partial charge in [0.2, 0.25) is 0 Å². The number of nitro groups is 1. The molecule has 0 amide bonds. The number of fused-ring (bicyclic) bond motifs is 1. The van der Waals surface area contributed by atoms with E-state index in [-0.39, 0.29) is 5.69 Å². The van der Waals surface area contributed by atoms with Crippen LogP contribution in [0, 0.1) is 10.1 Å². The third-order valence-corrected chi connectivity index (χ3v) is 3.83. The lowest BCUT2D eigenvalue weighted by molar-refractivity contribution is -0.384. The second-order valence-corrected chi connectivity index (χ2v) is 5.85. The van der Waals surface area contributed by atoms with E-state index < -0.39 is 4.92 Å². The molecule has 3 rings (SSSR count). The van der Waals surface area contributed by atoms with Gasteiger partial charge in [-0.1, -0.05) is 22.0 Å². The summed E-state index contributed by atoms with van der Waals surface area (Å²) in [6.07, 6.45) is 2.02. The molecular formula is C16H12BrN3O2. The molecule has 110 valence electrons. The van der Waals surface area contributed by atoms with Gasteiger partial charge in [-0.2, -0.15) is 5.10 Å². The van der Waals surface area contributed by atoms with Crippen molar-refractivity contribution in [2.24, 2.45) is 5.10 Å². The minimum atomic E-state index is -0.410. The van der Waals surface area contributed by atoms with Crippen LogP contribution in [-0.4, -0.2) is 10.6 Å². The van der Waals surface area contributed by atoms with Gasteiger partial charge in [-0.25, -0.2) is 0 Å².